The highest BCUT2D eigenvalue weighted by Crippen LogP contribution is 2.12. The fourth-order valence-corrected chi connectivity index (χ4v) is 1.44. The number of guanidine groups is 1. The van der Waals surface area contributed by atoms with E-state index in [1.807, 2.05) is 10.6 Å². The van der Waals surface area contributed by atoms with E-state index < -0.39 is 28.7 Å². The normalized spacial score (nSPS) is 10.5. The van der Waals surface area contributed by atoms with Crippen LogP contribution in [0.5, 0.6) is 0 Å². The molecule has 0 unspecified atom stereocenters. The third-order valence-corrected chi connectivity index (χ3v) is 2.37. The number of nitrogens with one attached hydrogen (secondary N) is 3. The summed E-state index contributed by atoms with van der Waals surface area (Å²) in [5.41, 5.74) is -0.283. The van der Waals surface area contributed by atoms with Crippen LogP contribution in [-0.2, 0) is 16.1 Å². The van der Waals surface area contributed by atoms with Crippen LogP contribution in [0.1, 0.15) is 26.3 Å². The lowest BCUT2D eigenvalue weighted by Gasteiger charge is -2.19. The summed E-state index contributed by atoms with van der Waals surface area (Å²) in [5, 5.41) is 22.0. The van der Waals surface area contributed by atoms with Crippen LogP contribution in [0, 0.1) is 15.5 Å². The van der Waals surface area contributed by atoms with Crippen molar-refractivity contribution in [1.29, 1.82) is 5.41 Å². The number of benzene rings is 1. The summed E-state index contributed by atoms with van der Waals surface area (Å²) in [6.07, 6.45) is -1.85. The van der Waals surface area contributed by atoms with Gasteiger partial charge in [0.05, 0.1) is 4.92 Å². The molecule has 0 aliphatic carbocycles. The van der Waals surface area contributed by atoms with Gasteiger partial charge in [-0.3, -0.25) is 26.2 Å². The highest BCUT2D eigenvalue weighted by Gasteiger charge is 2.18. The summed E-state index contributed by atoms with van der Waals surface area (Å²) in [6.45, 7) is 4.82. The number of rotatable bonds is 3. The molecule has 0 bridgehead atoms. The molecule has 0 aliphatic rings. The van der Waals surface area contributed by atoms with Gasteiger partial charge >= 0.3 is 12.2 Å². The number of hydrogen-bond donors (Lipinski definition) is 3. The van der Waals surface area contributed by atoms with Crippen molar-refractivity contribution in [2.75, 3.05) is 0 Å². The molecule has 1 aromatic carbocycles. The first-order valence-electron chi connectivity index (χ1n) is 6.82. The summed E-state index contributed by atoms with van der Waals surface area (Å²) >= 11 is 0. The van der Waals surface area contributed by atoms with Crippen LogP contribution in [0.25, 0.3) is 0 Å². The largest absolute Gasteiger partial charge is 0.444 e. The Bertz CT molecular complexity index is 636. The van der Waals surface area contributed by atoms with Gasteiger partial charge < -0.3 is 9.47 Å². The lowest BCUT2D eigenvalue weighted by Crippen LogP contribution is -2.45. The summed E-state index contributed by atoms with van der Waals surface area (Å²) in [6, 6.07) is 5.44. The van der Waals surface area contributed by atoms with E-state index >= 15 is 0 Å². The van der Waals surface area contributed by atoms with Crippen LogP contribution >= 0.6 is 0 Å². The van der Waals surface area contributed by atoms with Gasteiger partial charge in [-0.25, -0.2) is 9.59 Å². The highest BCUT2D eigenvalue weighted by molar-refractivity contribution is 5.99. The Morgan fingerprint density at radius 2 is 1.71 bits per heavy atom. The van der Waals surface area contributed by atoms with E-state index in [2.05, 4.69) is 0 Å². The van der Waals surface area contributed by atoms with Gasteiger partial charge in [0.1, 0.15) is 12.2 Å². The van der Waals surface area contributed by atoms with Crippen LogP contribution < -0.4 is 10.6 Å². The van der Waals surface area contributed by atoms with Crippen LogP contribution in [0.4, 0.5) is 15.3 Å². The van der Waals surface area contributed by atoms with Crippen molar-refractivity contribution in [1.82, 2.24) is 10.6 Å². The number of alkyl carbamates (subject to hydrolysis) is 2. The van der Waals surface area contributed by atoms with E-state index in [0.717, 1.165) is 0 Å². The van der Waals surface area contributed by atoms with E-state index in [1.54, 1.807) is 20.8 Å². The van der Waals surface area contributed by atoms with Crippen molar-refractivity contribution in [3.8, 4) is 0 Å². The van der Waals surface area contributed by atoms with Crippen molar-refractivity contribution in [3.05, 3.63) is 39.9 Å². The number of carbonyl (C=O) groups is 2. The first-order chi connectivity index (χ1) is 11.1. The number of nitro groups is 1. The van der Waals surface area contributed by atoms with Crippen molar-refractivity contribution in [3.63, 3.8) is 0 Å². The Hall–Kier alpha value is -3.17. The number of carbonyl (C=O) groups excluding carboxylic acids is 2. The SMILES string of the molecule is CC(C)(C)OC(=O)NC(=N)NC(=O)OCc1ccc([N+](=O)[O-])cc1. The first-order valence-corrected chi connectivity index (χ1v) is 6.82. The Balaban J connectivity index is 2.39. The Morgan fingerprint density at radius 1 is 1.17 bits per heavy atom. The Kier molecular flexibility index (Phi) is 6.22. The molecule has 24 heavy (non-hydrogen) atoms. The molecule has 0 aliphatic heterocycles. The average molecular weight is 338 g/mol. The van der Waals surface area contributed by atoms with E-state index in [9.17, 15) is 19.7 Å². The molecule has 1 aromatic rings. The van der Waals surface area contributed by atoms with Gasteiger partial charge in [0, 0.05) is 12.1 Å². The summed E-state index contributed by atoms with van der Waals surface area (Å²) in [4.78, 5) is 32.9. The molecule has 0 saturated carbocycles. The fraction of sp³-hybridized carbons (Fsp3) is 0.357. The lowest BCUT2D eigenvalue weighted by atomic mass is 10.2. The predicted molar refractivity (Wildman–Crippen MR) is 83.5 cm³/mol. The number of amides is 2. The molecule has 10 nitrogen and oxygen atoms in total. The van der Waals surface area contributed by atoms with Gasteiger partial charge in [0.2, 0.25) is 5.96 Å². The number of nitro benzene ring substituents is 1. The molecule has 0 aromatic heterocycles. The van der Waals surface area contributed by atoms with Crippen molar-refractivity contribution in [2.45, 2.75) is 33.0 Å². The average Bonchev–Trinajstić information content (AvgIpc) is 2.43. The summed E-state index contributed by atoms with van der Waals surface area (Å²) in [7, 11) is 0. The summed E-state index contributed by atoms with van der Waals surface area (Å²) < 4.78 is 9.74. The van der Waals surface area contributed by atoms with E-state index in [0.29, 0.717) is 5.56 Å². The third-order valence-electron chi connectivity index (χ3n) is 2.37. The quantitative estimate of drug-likeness (QED) is 0.334. The van der Waals surface area contributed by atoms with Crippen molar-refractivity contribution in [2.24, 2.45) is 0 Å². The standard InChI is InChI=1S/C14H18N4O6/c1-14(2,3)24-13(20)17-11(15)16-12(19)23-8-9-4-6-10(7-5-9)18(21)22/h4-7H,8H2,1-3H3,(H3,15,16,17,19,20). The Morgan fingerprint density at radius 3 is 2.21 bits per heavy atom. The summed E-state index contributed by atoms with van der Waals surface area (Å²) in [5.74, 6) is -0.599. The van der Waals surface area contributed by atoms with Gasteiger partial charge in [0.25, 0.3) is 5.69 Å². The predicted octanol–water partition coefficient (Wildman–Crippen LogP) is 2.28. The monoisotopic (exact) mass is 338 g/mol. The van der Waals surface area contributed by atoms with E-state index in [1.165, 1.54) is 24.3 Å². The zero-order valence-electron chi connectivity index (χ0n) is 13.4. The second-order valence-electron chi connectivity index (χ2n) is 5.63. The molecular formula is C14H18N4O6. The van der Waals surface area contributed by atoms with E-state index in [-0.39, 0.29) is 12.3 Å². The molecule has 0 saturated heterocycles. The molecule has 0 radical (unpaired) electrons. The number of non-ortho nitro benzene ring substituents is 1. The minimum Gasteiger partial charge on any atom is -0.444 e. The number of hydrogen-bond acceptors (Lipinski definition) is 7. The van der Waals surface area contributed by atoms with Gasteiger partial charge in [-0.15, -0.1) is 0 Å². The molecule has 3 N–H and O–H groups in total. The molecule has 1 rings (SSSR count). The second-order valence-corrected chi connectivity index (χ2v) is 5.63. The van der Waals surface area contributed by atoms with Crippen molar-refractivity contribution >= 4 is 23.8 Å². The maximum absolute atomic E-state index is 11.5. The minimum absolute atomic E-state index is 0.0773. The van der Waals surface area contributed by atoms with Gasteiger partial charge in [-0.2, -0.15) is 0 Å². The van der Waals surface area contributed by atoms with Gasteiger partial charge in [-0.05, 0) is 38.5 Å². The first kappa shape index (κ1) is 18.9. The Labute approximate surface area is 137 Å². The third kappa shape index (κ3) is 7.20. The molecule has 0 spiro atoms. The smallest absolute Gasteiger partial charge is 0.414 e. The van der Waals surface area contributed by atoms with Crippen LogP contribution in [0.3, 0.4) is 0 Å². The topological polar surface area (TPSA) is 144 Å². The van der Waals surface area contributed by atoms with Crippen LogP contribution in [-0.4, -0.2) is 28.7 Å². The molecule has 0 fully saturated rings. The van der Waals surface area contributed by atoms with Crippen LogP contribution in [0.15, 0.2) is 24.3 Å². The highest BCUT2D eigenvalue weighted by atomic mass is 16.6. The van der Waals surface area contributed by atoms with Gasteiger partial charge in [0.15, 0.2) is 0 Å². The zero-order chi connectivity index (χ0) is 18.3. The molecular weight excluding hydrogens is 320 g/mol. The fourth-order valence-electron chi connectivity index (χ4n) is 1.44. The maximum atomic E-state index is 11.5. The molecule has 0 heterocycles. The number of ether oxygens (including phenoxy) is 2. The second kappa shape index (κ2) is 7.90. The molecule has 2 amide bonds. The molecule has 10 heteroatoms. The number of nitrogens with zero attached hydrogens (tertiary/aromatic N) is 1. The van der Waals surface area contributed by atoms with E-state index in [4.69, 9.17) is 14.9 Å². The van der Waals surface area contributed by atoms with Gasteiger partial charge in [-0.1, -0.05) is 0 Å². The minimum atomic E-state index is -0.964. The molecule has 0 atom stereocenters. The maximum Gasteiger partial charge on any atom is 0.414 e. The zero-order valence-corrected chi connectivity index (χ0v) is 13.4. The van der Waals surface area contributed by atoms with Crippen LogP contribution in [0.2, 0.25) is 0 Å². The lowest BCUT2D eigenvalue weighted by molar-refractivity contribution is -0.384. The van der Waals surface area contributed by atoms with Crippen molar-refractivity contribution < 1.29 is 24.0 Å². The molecule has 130 valence electrons.